The third-order valence-corrected chi connectivity index (χ3v) is 2.45. The standard InChI is InChI=1S/C13H15N3O3/c1-18-9-5-8-14-11(17)13-16-15-12(19-13)10-6-3-2-4-7-10/h2-4,6-7H,5,8-9H2,1H3,(H,14,17). The first-order valence-electron chi connectivity index (χ1n) is 5.97. The van der Waals surface area contributed by atoms with E-state index < -0.39 is 0 Å². The summed E-state index contributed by atoms with van der Waals surface area (Å²) < 4.78 is 10.2. The highest BCUT2D eigenvalue weighted by atomic mass is 16.5. The van der Waals surface area contributed by atoms with E-state index in [0.717, 1.165) is 12.0 Å². The van der Waals surface area contributed by atoms with Gasteiger partial charge >= 0.3 is 11.8 Å². The van der Waals surface area contributed by atoms with Crippen LogP contribution in [0.4, 0.5) is 0 Å². The number of nitrogens with one attached hydrogen (secondary N) is 1. The van der Waals surface area contributed by atoms with Crippen LogP contribution in [0.2, 0.25) is 0 Å². The van der Waals surface area contributed by atoms with Crippen LogP contribution in [0.5, 0.6) is 0 Å². The number of amides is 1. The lowest BCUT2D eigenvalue weighted by Crippen LogP contribution is -2.25. The Morgan fingerprint density at radius 3 is 2.84 bits per heavy atom. The van der Waals surface area contributed by atoms with Crippen molar-refractivity contribution < 1.29 is 13.9 Å². The number of benzene rings is 1. The molecule has 1 N–H and O–H groups in total. The molecule has 0 saturated heterocycles. The maximum Gasteiger partial charge on any atom is 0.308 e. The zero-order chi connectivity index (χ0) is 13.5. The number of methoxy groups -OCH3 is 1. The van der Waals surface area contributed by atoms with Crippen molar-refractivity contribution in [1.82, 2.24) is 15.5 Å². The van der Waals surface area contributed by atoms with Crippen molar-refractivity contribution in [3.63, 3.8) is 0 Å². The minimum Gasteiger partial charge on any atom is -0.412 e. The molecule has 6 nitrogen and oxygen atoms in total. The number of hydrogen-bond donors (Lipinski definition) is 1. The maximum absolute atomic E-state index is 11.7. The van der Waals surface area contributed by atoms with Crippen LogP contribution in [0.15, 0.2) is 34.7 Å². The normalized spacial score (nSPS) is 10.4. The van der Waals surface area contributed by atoms with E-state index in [1.54, 1.807) is 7.11 Å². The van der Waals surface area contributed by atoms with Gasteiger partial charge in [-0.3, -0.25) is 4.79 Å². The average Bonchev–Trinajstić information content (AvgIpc) is 2.94. The molecule has 0 unspecified atom stereocenters. The van der Waals surface area contributed by atoms with Crippen LogP contribution in [0.25, 0.3) is 11.5 Å². The molecule has 0 aliphatic carbocycles. The molecular formula is C13H15N3O3. The number of rotatable bonds is 6. The molecule has 1 aromatic heterocycles. The first kappa shape index (κ1) is 13.2. The molecule has 0 radical (unpaired) electrons. The van der Waals surface area contributed by atoms with Crippen molar-refractivity contribution in [2.24, 2.45) is 0 Å². The molecule has 2 rings (SSSR count). The summed E-state index contributed by atoms with van der Waals surface area (Å²) in [5.41, 5.74) is 0.786. The van der Waals surface area contributed by atoms with Crippen molar-refractivity contribution in [2.75, 3.05) is 20.3 Å². The number of hydrogen-bond acceptors (Lipinski definition) is 5. The second-order valence-electron chi connectivity index (χ2n) is 3.88. The molecule has 0 aliphatic rings. The van der Waals surface area contributed by atoms with Crippen LogP contribution in [-0.4, -0.2) is 36.4 Å². The Kier molecular flexibility index (Phi) is 4.63. The minimum absolute atomic E-state index is 0.0312. The van der Waals surface area contributed by atoms with E-state index in [-0.39, 0.29) is 11.8 Å². The lowest BCUT2D eigenvalue weighted by atomic mass is 10.2. The fourth-order valence-corrected chi connectivity index (χ4v) is 1.51. The smallest absolute Gasteiger partial charge is 0.308 e. The number of nitrogens with zero attached hydrogens (tertiary/aromatic N) is 2. The molecule has 2 aromatic rings. The molecule has 0 bridgehead atoms. The Bertz CT molecular complexity index is 525. The Hall–Kier alpha value is -2.21. The van der Waals surface area contributed by atoms with Crippen molar-refractivity contribution >= 4 is 5.91 Å². The van der Waals surface area contributed by atoms with Gasteiger partial charge < -0.3 is 14.5 Å². The van der Waals surface area contributed by atoms with Gasteiger partial charge in [-0.05, 0) is 18.6 Å². The zero-order valence-corrected chi connectivity index (χ0v) is 10.6. The average molecular weight is 261 g/mol. The van der Waals surface area contributed by atoms with E-state index in [1.807, 2.05) is 30.3 Å². The number of carbonyl (C=O) groups excluding carboxylic acids is 1. The minimum atomic E-state index is -0.370. The van der Waals surface area contributed by atoms with Gasteiger partial charge in [0.2, 0.25) is 5.89 Å². The molecule has 1 heterocycles. The molecule has 0 atom stereocenters. The zero-order valence-electron chi connectivity index (χ0n) is 10.6. The molecule has 100 valence electrons. The summed E-state index contributed by atoms with van der Waals surface area (Å²) in [6.07, 6.45) is 0.738. The summed E-state index contributed by atoms with van der Waals surface area (Å²) in [4.78, 5) is 11.7. The van der Waals surface area contributed by atoms with E-state index >= 15 is 0 Å². The van der Waals surface area contributed by atoms with Crippen LogP contribution in [-0.2, 0) is 4.74 Å². The molecule has 0 aliphatic heterocycles. The van der Waals surface area contributed by atoms with Crippen molar-refractivity contribution in [1.29, 1.82) is 0 Å². The highest BCUT2D eigenvalue weighted by Crippen LogP contribution is 2.16. The Morgan fingerprint density at radius 2 is 2.11 bits per heavy atom. The molecule has 0 spiro atoms. The Balaban J connectivity index is 1.95. The lowest BCUT2D eigenvalue weighted by molar-refractivity contribution is 0.0914. The molecule has 1 amide bonds. The van der Waals surface area contributed by atoms with Gasteiger partial charge in [-0.2, -0.15) is 0 Å². The monoisotopic (exact) mass is 261 g/mol. The van der Waals surface area contributed by atoms with Gasteiger partial charge in [-0.15, -0.1) is 10.2 Å². The summed E-state index contributed by atoms with van der Waals surface area (Å²) in [6.45, 7) is 1.11. The van der Waals surface area contributed by atoms with Crippen molar-refractivity contribution in [3.8, 4) is 11.5 Å². The SMILES string of the molecule is COCCCNC(=O)c1nnc(-c2ccccc2)o1. The Morgan fingerprint density at radius 1 is 1.32 bits per heavy atom. The fraction of sp³-hybridized carbons (Fsp3) is 0.308. The van der Waals surface area contributed by atoms with E-state index in [2.05, 4.69) is 15.5 Å². The summed E-state index contributed by atoms with van der Waals surface area (Å²) in [7, 11) is 1.62. The predicted octanol–water partition coefficient (Wildman–Crippen LogP) is 1.50. The molecule has 1 aromatic carbocycles. The van der Waals surface area contributed by atoms with E-state index in [1.165, 1.54) is 0 Å². The van der Waals surface area contributed by atoms with Crippen LogP contribution in [0.3, 0.4) is 0 Å². The topological polar surface area (TPSA) is 77.2 Å². The van der Waals surface area contributed by atoms with E-state index in [4.69, 9.17) is 9.15 Å². The quantitative estimate of drug-likeness (QED) is 0.797. The van der Waals surface area contributed by atoms with Crippen molar-refractivity contribution in [2.45, 2.75) is 6.42 Å². The number of aromatic nitrogens is 2. The van der Waals surface area contributed by atoms with Gasteiger partial charge in [0, 0.05) is 25.8 Å². The van der Waals surface area contributed by atoms with Crippen LogP contribution in [0, 0.1) is 0 Å². The van der Waals surface area contributed by atoms with Gasteiger partial charge in [0.25, 0.3) is 0 Å². The highest BCUT2D eigenvalue weighted by Gasteiger charge is 2.14. The van der Waals surface area contributed by atoms with Gasteiger partial charge in [-0.25, -0.2) is 0 Å². The maximum atomic E-state index is 11.7. The summed E-state index contributed by atoms with van der Waals surface area (Å²) in [5, 5.41) is 10.3. The summed E-state index contributed by atoms with van der Waals surface area (Å²) in [6, 6.07) is 9.30. The van der Waals surface area contributed by atoms with E-state index in [0.29, 0.717) is 19.0 Å². The largest absolute Gasteiger partial charge is 0.412 e. The third-order valence-electron chi connectivity index (χ3n) is 2.45. The number of ether oxygens (including phenoxy) is 1. The third kappa shape index (κ3) is 3.62. The summed E-state index contributed by atoms with van der Waals surface area (Å²) >= 11 is 0. The van der Waals surface area contributed by atoms with Crippen molar-refractivity contribution in [3.05, 3.63) is 36.2 Å². The summed E-state index contributed by atoms with van der Waals surface area (Å²) in [5.74, 6) is -0.0651. The van der Waals surface area contributed by atoms with Gasteiger partial charge in [-0.1, -0.05) is 18.2 Å². The molecule has 19 heavy (non-hydrogen) atoms. The molecular weight excluding hydrogens is 246 g/mol. The van der Waals surface area contributed by atoms with Crippen LogP contribution >= 0.6 is 0 Å². The van der Waals surface area contributed by atoms with Gasteiger partial charge in [0.05, 0.1) is 0 Å². The second-order valence-corrected chi connectivity index (χ2v) is 3.88. The van der Waals surface area contributed by atoms with Crippen LogP contribution < -0.4 is 5.32 Å². The Labute approximate surface area is 110 Å². The van der Waals surface area contributed by atoms with E-state index in [9.17, 15) is 4.79 Å². The second kappa shape index (κ2) is 6.65. The van der Waals surface area contributed by atoms with Gasteiger partial charge in [0.1, 0.15) is 0 Å². The first-order valence-corrected chi connectivity index (χ1v) is 5.97. The fourth-order valence-electron chi connectivity index (χ4n) is 1.51. The molecule has 0 saturated carbocycles. The van der Waals surface area contributed by atoms with Crippen LogP contribution in [0.1, 0.15) is 17.1 Å². The lowest BCUT2D eigenvalue weighted by Gasteiger charge is -2.00. The highest BCUT2D eigenvalue weighted by molar-refractivity contribution is 5.89. The molecule has 0 fully saturated rings. The predicted molar refractivity (Wildman–Crippen MR) is 68.6 cm³/mol. The molecule has 6 heteroatoms. The number of carbonyl (C=O) groups is 1. The first-order chi connectivity index (χ1) is 9.31. The van der Waals surface area contributed by atoms with Gasteiger partial charge in [0.15, 0.2) is 0 Å².